The van der Waals surface area contributed by atoms with Gasteiger partial charge < -0.3 is 4.74 Å². The number of aryl methyl sites for hydroxylation is 2. The molecule has 0 spiro atoms. The second-order valence-corrected chi connectivity index (χ2v) is 5.14. The largest absolute Gasteiger partial charge is 0.422 e. The lowest BCUT2D eigenvalue weighted by Crippen LogP contribution is -2.15. The van der Waals surface area contributed by atoms with E-state index in [0.717, 1.165) is 5.69 Å². The maximum Gasteiger partial charge on any atom is 0.363 e. The average molecular weight is 344 g/mol. The molecule has 0 bridgehead atoms. The van der Waals surface area contributed by atoms with E-state index in [1.165, 1.54) is 0 Å². The molecule has 2 rings (SSSR count). The molecule has 0 unspecified atom stereocenters. The van der Waals surface area contributed by atoms with Crippen LogP contribution in [0.2, 0.25) is 5.02 Å². The lowest BCUT2D eigenvalue weighted by Gasteiger charge is -2.06. The van der Waals surface area contributed by atoms with E-state index >= 15 is 0 Å². The van der Waals surface area contributed by atoms with Crippen molar-refractivity contribution in [2.45, 2.75) is 20.4 Å². The molecule has 0 N–H and O–H groups in total. The monoisotopic (exact) mass is 342 g/mol. The van der Waals surface area contributed by atoms with Crippen molar-refractivity contribution in [1.82, 2.24) is 9.78 Å². The number of esters is 1. The minimum atomic E-state index is -0.448. The molecule has 0 saturated carbocycles. The molecule has 4 nitrogen and oxygen atoms in total. The molecule has 0 fully saturated rings. The van der Waals surface area contributed by atoms with Crippen LogP contribution in [-0.2, 0) is 6.54 Å². The molecular weight excluding hydrogens is 332 g/mol. The summed E-state index contributed by atoms with van der Waals surface area (Å²) in [5.41, 5.74) is 1.17. The summed E-state index contributed by atoms with van der Waals surface area (Å²) in [6, 6.07) is 6.63. The number of carbonyl (C=O) groups is 1. The minimum Gasteiger partial charge on any atom is -0.422 e. The van der Waals surface area contributed by atoms with Crippen molar-refractivity contribution in [2.75, 3.05) is 0 Å². The van der Waals surface area contributed by atoms with Crippen LogP contribution in [0, 0.1) is 6.92 Å². The van der Waals surface area contributed by atoms with Gasteiger partial charge in [0.1, 0.15) is 5.75 Å². The molecule has 2 aromatic rings. The summed E-state index contributed by atoms with van der Waals surface area (Å²) >= 11 is 9.14. The summed E-state index contributed by atoms with van der Waals surface area (Å²) in [4.78, 5) is 12.2. The number of aromatic nitrogens is 2. The Bertz CT molecular complexity index is 608. The van der Waals surface area contributed by atoms with Crippen LogP contribution in [0.5, 0.6) is 5.75 Å². The van der Waals surface area contributed by atoms with Gasteiger partial charge in [-0.25, -0.2) is 4.79 Å². The zero-order chi connectivity index (χ0) is 14.0. The highest BCUT2D eigenvalue weighted by atomic mass is 79.9. The molecular formula is C13H12BrClN2O2. The van der Waals surface area contributed by atoms with Gasteiger partial charge in [0.2, 0.25) is 0 Å². The number of rotatable bonds is 3. The highest BCUT2D eigenvalue weighted by molar-refractivity contribution is 9.10. The summed E-state index contributed by atoms with van der Waals surface area (Å²) in [5, 5.41) is 4.85. The van der Waals surface area contributed by atoms with Gasteiger partial charge in [-0.15, -0.1) is 0 Å². The number of hydrogen-bond acceptors (Lipinski definition) is 3. The normalized spacial score (nSPS) is 10.5. The summed E-state index contributed by atoms with van der Waals surface area (Å²) in [5.74, 6) is -0.000506. The van der Waals surface area contributed by atoms with E-state index in [-0.39, 0.29) is 0 Å². The van der Waals surface area contributed by atoms with Gasteiger partial charge in [0.15, 0.2) is 5.69 Å². The van der Waals surface area contributed by atoms with Gasteiger partial charge in [0.05, 0.1) is 10.2 Å². The van der Waals surface area contributed by atoms with Crippen LogP contribution >= 0.6 is 27.5 Å². The first kappa shape index (κ1) is 14.1. The fourth-order valence-electron chi connectivity index (χ4n) is 1.64. The Morgan fingerprint density at radius 3 is 2.63 bits per heavy atom. The van der Waals surface area contributed by atoms with Gasteiger partial charge in [-0.3, -0.25) is 4.68 Å². The minimum absolute atomic E-state index is 0.412. The first-order valence-electron chi connectivity index (χ1n) is 5.73. The molecule has 6 heteroatoms. The van der Waals surface area contributed by atoms with E-state index in [1.54, 1.807) is 28.9 Å². The first-order valence-corrected chi connectivity index (χ1v) is 6.90. The SMILES string of the molecule is CCn1nc(C)c(Br)c1C(=O)Oc1ccc(Cl)cc1. The maximum atomic E-state index is 12.2. The number of hydrogen-bond donors (Lipinski definition) is 0. The smallest absolute Gasteiger partial charge is 0.363 e. The van der Waals surface area contributed by atoms with Crippen LogP contribution in [0.1, 0.15) is 23.1 Å². The molecule has 0 amide bonds. The van der Waals surface area contributed by atoms with Crippen LogP contribution in [0.15, 0.2) is 28.7 Å². The van der Waals surface area contributed by atoms with Crippen molar-refractivity contribution >= 4 is 33.5 Å². The van der Waals surface area contributed by atoms with Gasteiger partial charge in [0, 0.05) is 11.6 Å². The molecule has 1 aromatic heterocycles. The number of ether oxygens (including phenoxy) is 1. The molecule has 0 aliphatic carbocycles. The number of halogens is 2. The molecule has 0 saturated heterocycles. The van der Waals surface area contributed by atoms with Crippen LogP contribution in [0.4, 0.5) is 0 Å². The molecule has 1 heterocycles. The Balaban J connectivity index is 2.27. The summed E-state index contributed by atoms with van der Waals surface area (Å²) < 4.78 is 7.57. The Morgan fingerprint density at radius 2 is 2.05 bits per heavy atom. The van der Waals surface area contributed by atoms with Crippen molar-refractivity contribution in [3.8, 4) is 5.75 Å². The fraction of sp³-hybridized carbons (Fsp3) is 0.231. The Kier molecular flexibility index (Phi) is 4.27. The molecule has 19 heavy (non-hydrogen) atoms. The van der Waals surface area contributed by atoms with Crippen molar-refractivity contribution in [3.05, 3.63) is 45.1 Å². The molecule has 0 radical (unpaired) electrons. The van der Waals surface area contributed by atoms with E-state index in [2.05, 4.69) is 21.0 Å². The van der Waals surface area contributed by atoms with E-state index in [9.17, 15) is 4.79 Å². The third-order valence-electron chi connectivity index (χ3n) is 2.57. The molecule has 100 valence electrons. The lowest BCUT2D eigenvalue weighted by molar-refractivity contribution is 0.0721. The van der Waals surface area contributed by atoms with Crippen molar-refractivity contribution in [1.29, 1.82) is 0 Å². The Hall–Kier alpha value is -1.33. The summed E-state index contributed by atoms with van der Waals surface area (Å²) in [6.07, 6.45) is 0. The van der Waals surface area contributed by atoms with E-state index in [4.69, 9.17) is 16.3 Å². The number of benzene rings is 1. The van der Waals surface area contributed by atoms with Crippen LogP contribution < -0.4 is 4.74 Å². The molecule has 0 aliphatic heterocycles. The zero-order valence-corrected chi connectivity index (χ0v) is 12.8. The number of carbonyl (C=O) groups excluding carboxylic acids is 1. The molecule has 1 aromatic carbocycles. The third kappa shape index (κ3) is 2.98. The lowest BCUT2D eigenvalue weighted by atomic mass is 10.3. The second kappa shape index (κ2) is 5.75. The Morgan fingerprint density at radius 1 is 1.42 bits per heavy atom. The average Bonchev–Trinajstić information content (AvgIpc) is 2.68. The van der Waals surface area contributed by atoms with Gasteiger partial charge in [-0.2, -0.15) is 5.10 Å². The number of nitrogens with zero attached hydrogens (tertiary/aromatic N) is 2. The van der Waals surface area contributed by atoms with Gasteiger partial charge in [-0.1, -0.05) is 11.6 Å². The Labute approximate surface area is 124 Å². The van der Waals surface area contributed by atoms with Crippen LogP contribution in [0.25, 0.3) is 0 Å². The third-order valence-corrected chi connectivity index (χ3v) is 3.77. The van der Waals surface area contributed by atoms with Gasteiger partial charge >= 0.3 is 5.97 Å². The van der Waals surface area contributed by atoms with Gasteiger partial charge in [0.25, 0.3) is 0 Å². The predicted octanol–water partition coefficient (Wildman–Crippen LogP) is 3.85. The highest BCUT2D eigenvalue weighted by Gasteiger charge is 2.21. The summed E-state index contributed by atoms with van der Waals surface area (Å²) in [7, 11) is 0. The van der Waals surface area contributed by atoms with E-state index < -0.39 is 5.97 Å². The standard InChI is InChI=1S/C13H12BrClN2O2/c1-3-17-12(11(14)8(2)16-17)13(18)19-10-6-4-9(15)5-7-10/h4-7H,3H2,1-2H3. The van der Waals surface area contributed by atoms with Crippen LogP contribution in [-0.4, -0.2) is 15.7 Å². The molecule has 0 aliphatic rings. The molecule has 0 atom stereocenters. The summed E-state index contributed by atoms with van der Waals surface area (Å²) in [6.45, 7) is 4.34. The maximum absolute atomic E-state index is 12.2. The second-order valence-electron chi connectivity index (χ2n) is 3.91. The quantitative estimate of drug-likeness (QED) is 0.628. The highest BCUT2D eigenvalue weighted by Crippen LogP contribution is 2.23. The van der Waals surface area contributed by atoms with Crippen molar-refractivity contribution in [3.63, 3.8) is 0 Å². The predicted molar refractivity (Wildman–Crippen MR) is 76.7 cm³/mol. The van der Waals surface area contributed by atoms with E-state index in [0.29, 0.717) is 27.5 Å². The van der Waals surface area contributed by atoms with E-state index in [1.807, 2.05) is 13.8 Å². The topological polar surface area (TPSA) is 44.1 Å². The fourth-order valence-corrected chi connectivity index (χ4v) is 2.21. The zero-order valence-electron chi connectivity index (χ0n) is 10.5. The van der Waals surface area contributed by atoms with Crippen molar-refractivity contribution in [2.24, 2.45) is 0 Å². The van der Waals surface area contributed by atoms with Crippen LogP contribution in [0.3, 0.4) is 0 Å². The first-order chi connectivity index (χ1) is 9.02. The van der Waals surface area contributed by atoms with Gasteiger partial charge in [-0.05, 0) is 54.0 Å². The van der Waals surface area contributed by atoms with Crippen molar-refractivity contribution < 1.29 is 9.53 Å².